The van der Waals surface area contributed by atoms with E-state index in [1.165, 1.54) is 0 Å². The molecule has 1 aromatic carbocycles. The van der Waals surface area contributed by atoms with E-state index in [1.807, 2.05) is 48.8 Å². The van der Waals surface area contributed by atoms with Crippen molar-refractivity contribution >= 4 is 39.5 Å². The predicted octanol–water partition coefficient (Wildman–Crippen LogP) is 3.90. The van der Waals surface area contributed by atoms with Crippen LogP contribution in [0.2, 0.25) is 0 Å². The summed E-state index contributed by atoms with van der Waals surface area (Å²) in [6.45, 7) is 0. The van der Waals surface area contributed by atoms with Crippen LogP contribution < -0.4 is 5.32 Å². The van der Waals surface area contributed by atoms with Gasteiger partial charge in [0.15, 0.2) is 5.82 Å². The molecule has 4 heteroatoms. The average Bonchev–Trinajstić information content (AvgIpc) is 2.93. The fourth-order valence-electron chi connectivity index (χ4n) is 1.86. The van der Waals surface area contributed by atoms with E-state index in [4.69, 9.17) is 0 Å². The molecule has 0 fully saturated rings. The fraction of sp³-hybridized carbons (Fsp3) is 0.0667. The Bertz CT molecular complexity index is 717. The largest absolute Gasteiger partial charge is 0.372 e. The summed E-state index contributed by atoms with van der Waals surface area (Å²) in [4.78, 5) is 9.04. The van der Waals surface area contributed by atoms with Gasteiger partial charge in [0.25, 0.3) is 0 Å². The zero-order valence-electron chi connectivity index (χ0n) is 10.5. The van der Waals surface area contributed by atoms with Gasteiger partial charge in [-0.05, 0) is 23.1 Å². The van der Waals surface area contributed by atoms with Gasteiger partial charge in [-0.25, -0.2) is 9.97 Å². The lowest BCUT2D eigenvalue weighted by Crippen LogP contribution is -1.96. The number of nitrogens with one attached hydrogen (secondary N) is 1. The number of nitrogens with zero attached hydrogens (tertiary/aromatic N) is 2. The third-order valence-electron chi connectivity index (χ3n) is 2.78. The predicted molar refractivity (Wildman–Crippen MR) is 82.3 cm³/mol. The minimum absolute atomic E-state index is 0.721. The highest BCUT2D eigenvalue weighted by Crippen LogP contribution is 2.25. The smallest absolute Gasteiger partial charge is 0.155 e. The van der Waals surface area contributed by atoms with Crippen molar-refractivity contribution in [2.24, 2.45) is 0 Å². The van der Waals surface area contributed by atoms with Crippen LogP contribution in [0.1, 0.15) is 11.4 Å². The molecule has 3 rings (SSSR count). The van der Waals surface area contributed by atoms with Gasteiger partial charge in [0, 0.05) is 7.05 Å². The van der Waals surface area contributed by atoms with Crippen molar-refractivity contribution in [1.82, 2.24) is 9.97 Å². The number of hydrogen-bond donors (Lipinski definition) is 1. The first-order chi connectivity index (χ1) is 9.36. The molecule has 0 saturated heterocycles. The molecule has 0 radical (unpaired) electrons. The van der Waals surface area contributed by atoms with Gasteiger partial charge in [0.2, 0.25) is 0 Å². The molecule has 19 heavy (non-hydrogen) atoms. The Labute approximate surface area is 115 Å². The number of rotatable bonds is 3. The lowest BCUT2D eigenvalue weighted by molar-refractivity contribution is 1.18. The summed E-state index contributed by atoms with van der Waals surface area (Å²) in [5.74, 6) is 1.60. The molecule has 0 aliphatic carbocycles. The fourth-order valence-corrected chi connectivity index (χ4v) is 2.69. The minimum Gasteiger partial charge on any atom is -0.372 e. The molecule has 0 aliphatic heterocycles. The van der Waals surface area contributed by atoms with E-state index in [9.17, 15) is 0 Å². The van der Waals surface area contributed by atoms with Gasteiger partial charge >= 0.3 is 0 Å². The van der Waals surface area contributed by atoms with Crippen LogP contribution in [0.3, 0.4) is 0 Å². The number of hydrogen-bond acceptors (Lipinski definition) is 4. The van der Waals surface area contributed by atoms with Crippen molar-refractivity contribution in [2.75, 3.05) is 12.4 Å². The molecule has 1 N–H and O–H groups in total. The molecule has 2 aromatic heterocycles. The summed E-state index contributed by atoms with van der Waals surface area (Å²) in [7, 11) is 1.88. The van der Waals surface area contributed by atoms with Crippen molar-refractivity contribution in [1.29, 1.82) is 0 Å². The van der Waals surface area contributed by atoms with Crippen LogP contribution >= 0.6 is 11.3 Å². The van der Waals surface area contributed by atoms with Crippen LogP contribution in [-0.4, -0.2) is 17.0 Å². The first-order valence-corrected chi connectivity index (χ1v) is 6.91. The van der Waals surface area contributed by atoms with Crippen LogP contribution in [0.25, 0.3) is 22.4 Å². The molecule has 0 saturated carbocycles. The summed E-state index contributed by atoms with van der Waals surface area (Å²) in [6.07, 6.45) is 3.96. The topological polar surface area (TPSA) is 37.8 Å². The molecule has 0 aliphatic rings. The van der Waals surface area contributed by atoms with Crippen molar-refractivity contribution in [3.63, 3.8) is 0 Å². The van der Waals surface area contributed by atoms with Crippen LogP contribution in [-0.2, 0) is 0 Å². The summed E-state index contributed by atoms with van der Waals surface area (Å²) < 4.78 is 1.10. The quantitative estimate of drug-likeness (QED) is 0.782. The number of fused-ring (bicyclic) bond motifs is 1. The van der Waals surface area contributed by atoms with Crippen molar-refractivity contribution < 1.29 is 0 Å². The van der Waals surface area contributed by atoms with E-state index < -0.39 is 0 Å². The molecule has 0 spiro atoms. The highest BCUT2D eigenvalue weighted by Gasteiger charge is 2.05. The zero-order chi connectivity index (χ0) is 13.1. The van der Waals surface area contributed by atoms with Crippen LogP contribution in [0.4, 0.5) is 5.82 Å². The highest BCUT2D eigenvalue weighted by molar-refractivity contribution is 7.17. The van der Waals surface area contributed by atoms with Gasteiger partial charge in [0.1, 0.15) is 5.82 Å². The van der Waals surface area contributed by atoms with Gasteiger partial charge in [-0.1, -0.05) is 36.4 Å². The summed E-state index contributed by atoms with van der Waals surface area (Å²) in [5.41, 5.74) is 2.12. The van der Waals surface area contributed by atoms with Gasteiger partial charge in [0.05, 0.1) is 10.2 Å². The van der Waals surface area contributed by atoms with Crippen LogP contribution in [0.15, 0.2) is 41.8 Å². The lowest BCUT2D eigenvalue weighted by Gasteiger charge is -2.02. The van der Waals surface area contributed by atoms with Crippen molar-refractivity contribution in [2.45, 2.75) is 0 Å². The molecule has 94 valence electrons. The second-order valence-electron chi connectivity index (χ2n) is 4.06. The van der Waals surface area contributed by atoms with Crippen LogP contribution in [0.5, 0.6) is 0 Å². The molecule has 0 bridgehead atoms. The van der Waals surface area contributed by atoms with E-state index in [1.54, 1.807) is 11.3 Å². The normalized spacial score (nSPS) is 11.2. The summed E-state index contributed by atoms with van der Waals surface area (Å²) >= 11 is 1.65. The molecule has 3 nitrogen and oxygen atoms in total. The molecular formula is C15H13N3S. The number of thiophene rings is 1. The highest BCUT2D eigenvalue weighted by atomic mass is 32.1. The maximum atomic E-state index is 4.53. The molecule has 2 heterocycles. The third kappa shape index (κ3) is 2.48. The van der Waals surface area contributed by atoms with Gasteiger partial charge < -0.3 is 5.32 Å². The second kappa shape index (κ2) is 5.20. The lowest BCUT2D eigenvalue weighted by atomic mass is 10.2. The van der Waals surface area contributed by atoms with E-state index >= 15 is 0 Å². The Kier molecular flexibility index (Phi) is 3.25. The molecule has 0 unspecified atom stereocenters. The Balaban J connectivity index is 1.99. The zero-order valence-corrected chi connectivity index (χ0v) is 11.3. The standard InChI is InChI=1S/C15H13N3S/c1-16-15-14-12(9-10-19-14)17-13(18-15)8-7-11-5-3-2-4-6-11/h2-10H,1H3,(H,16,17,18)/b8-7+. The first-order valence-electron chi connectivity index (χ1n) is 6.03. The second-order valence-corrected chi connectivity index (χ2v) is 4.98. The maximum Gasteiger partial charge on any atom is 0.155 e. The minimum atomic E-state index is 0.721. The van der Waals surface area contributed by atoms with Crippen LogP contribution in [0, 0.1) is 0 Å². The van der Waals surface area contributed by atoms with Crippen molar-refractivity contribution in [3.05, 3.63) is 53.2 Å². The Hall–Kier alpha value is -2.20. The van der Waals surface area contributed by atoms with Gasteiger partial charge in [-0.3, -0.25) is 0 Å². The number of aromatic nitrogens is 2. The molecule has 0 amide bonds. The monoisotopic (exact) mass is 267 g/mol. The molecular weight excluding hydrogens is 254 g/mol. The van der Waals surface area contributed by atoms with E-state index in [0.29, 0.717) is 0 Å². The SMILES string of the molecule is CNc1nc(/C=C/c2ccccc2)nc2ccsc12. The first kappa shape index (κ1) is 11.9. The van der Waals surface area contributed by atoms with E-state index in [2.05, 4.69) is 27.4 Å². The Morgan fingerprint density at radius 2 is 1.89 bits per heavy atom. The molecule has 3 aromatic rings. The van der Waals surface area contributed by atoms with E-state index in [-0.39, 0.29) is 0 Å². The molecule has 0 atom stereocenters. The maximum absolute atomic E-state index is 4.53. The Morgan fingerprint density at radius 1 is 1.05 bits per heavy atom. The van der Waals surface area contributed by atoms with Gasteiger partial charge in [-0.2, -0.15) is 0 Å². The number of benzene rings is 1. The third-order valence-corrected chi connectivity index (χ3v) is 3.69. The summed E-state index contributed by atoms with van der Waals surface area (Å²) in [6, 6.07) is 12.2. The number of anilines is 1. The van der Waals surface area contributed by atoms with E-state index in [0.717, 1.165) is 27.4 Å². The van der Waals surface area contributed by atoms with Gasteiger partial charge in [-0.15, -0.1) is 11.3 Å². The average molecular weight is 267 g/mol. The summed E-state index contributed by atoms with van der Waals surface area (Å²) in [5, 5.41) is 5.15. The van der Waals surface area contributed by atoms with Crippen molar-refractivity contribution in [3.8, 4) is 0 Å². The Morgan fingerprint density at radius 3 is 2.68 bits per heavy atom.